The molecule has 0 spiro atoms. The Labute approximate surface area is 90.1 Å². The average molecular weight is 210 g/mol. The van der Waals surface area contributed by atoms with Crippen molar-refractivity contribution in [2.75, 3.05) is 13.6 Å². The van der Waals surface area contributed by atoms with E-state index in [-0.39, 0.29) is 0 Å². The number of nitrogens with zero attached hydrogens (tertiary/aromatic N) is 1. The Bertz CT molecular complexity index is 283. The Hall–Kier alpha value is -0.670. The van der Waals surface area contributed by atoms with E-state index in [9.17, 15) is 0 Å². The summed E-state index contributed by atoms with van der Waals surface area (Å²) in [6, 6.07) is 0. The summed E-state index contributed by atoms with van der Waals surface area (Å²) >= 11 is 1.80. The van der Waals surface area contributed by atoms with Gasteiger partial charge >= 0.3 is 0 Å². The fourth-order valence-corrected chi connectivity index (χ4v) is 2.07. The van der Waals surface area contributed by atoms with Gasteiger partial charge in [0.2, 0.25) is 0 Å². The van der Waals surface area contributed by atoms with Gasteiger partial charge in [-0.1, -0.05) is 12.2 Å². The molecule has 0 radical (unpaired) electrons. The van der Waals surface area contributed by atoms with Crippen LogP contribution in [0.25, 0.3) is 0 Å². The summed E-state index contributed by atoms with van der Waals surface area (Å²) in [5, 5.41) is 4.34. The van der Waals surface area contributed by atoms with Gasteiger partial charge in [-0.3, -0.25) is 0 Å². The maximum atomic E-state index is 4.48. The number of aromatic nitrogens is 1. The van der Waals surface area contributed by atoms with Gasteiger partial charge in [0.15, 0.2) is 0 Å². The average Bonchev–Trinajstić information content (AvgIpc) is 2.46. The monoisotopic (exact) mass is 210 g/mol. The van der Waals surface area contributed by atoms with E-state index >= 15 is 0 Å². The molecule has 0 saturated carbocycles. The van der Waals surface area contributed by atoms with Crippen molar-refractivity contribution in [2.24, 2.45) is 0 Å². The molecule has 14 heavy (non-hydrogen) atoms. The van der Waals surface area contributed by atoms with Crippen LogP contribution in [0.5, 0.6) is 0 Å². The normalized spacial score (nSPS) is 11.4. The third kappa shape index (κ3) is 3.60. The van der Waals surface area contributed by atoms with Crippen LogP contribution in [0, 0.1) is 13.8 Å². The molecule has 0 fully saturated rings. The summed E-state index contributed by atoms with van der Waals surface area (Å²) in [5.74, 6) is 0. The van der Waals surface area contributed by atoms with Crippen molar-refractivity contribution >= 4 is 11.3 Å². The molecule has 3 heteroatoms. The summed E-state index contributed by atoms with van der Waals surface area (Å²) in [4.78, 5) is 5.82. The first-order valence-corrected chi connectivity index (χ1v) is 5.78. The number of allylic oxidation sites excluding steroid dienone is 1. The fourth-order valence-electron chi connectivity index (χ4n) is 1.16. The van der Waals surface area contributed by atoms with E-state index in [1.165, 1.54) is 15.6 Å². The minimum Gasteiger partial charge on any atom is -0.319 e. The second-order valence-corrected chi connectivity index (χ2v) is 4.60. The molecule has 0 atom stereocenters. The second-order valence-electron chi connectivity index (χ2n) is 3.32. The van der Waals surface area contributed by atoms with Gasteiger partial charge in [-0.25, -0.2) is 4.98 Å². The van der Waals surface area contributed by atoms with Crippen LogP contribution in [0.1, 0.15) is 22.0 Å². The minimum atomic E-state index is 0.975. The third-order valence-electron chi connectivity index (χ3n) is 2.09. The van der Waals surface area contributed by atoms with Crippen LogP contribution in [-0.2, 0) is 6.42 Å². The van der Waals surface area contributed by atoms with Crippen molar-refractivity contribution in [1.82, 2.24) is 10.3 Å². The molecule has 0 saturated heterocycles. The topological polar surface area (TPSA) is 24.9 Å². The lowest BCUT2D eigenvalue weighted by Crippen LogP contribution is -2.05. The molecular weight excluding hydrogens is 192 g/mol. The van der Waals surface area contributed by atoms with E-state index in [4.69, 9.17) is 0 Å². The van der Waals surface area contributed by atoms with Crippen molar-refractivity contribution in [2.45, 2.75) is 26.7 Å². The Balaban J connectivity index is 2.34. The SMILES string of the molecule is CNCCC=CCc1nc(C)c(C)s1. The summed E-state index contributed by atoms with van der Waals surface area (Å²) in [6.07, 6.45) is 6.49. The predicted octanol–water partition coefficient (Wildman–Crippen LogP) is 2.47. The molecule has 1 heterocycles. The molecule has 0 aromatic carbocycles. The molecule has 0 aliphatic heterocycles. The minimum absolute atomic E-state index is 0.975. The molecule has 78 valence electrons. The van der Waals surface area contributed by atoms with Gasteiger partial charge in [0, 0.05) is 11.3 Å². The van der Waals surface area contributed by atoms with E-state index in [0.29, 0.717) is 0 Å². The van der Waals surface area contributed by atoms with Gasteiger partial charge in [-0.05, 0) is 33.9 Å². The van der Waals surface area contributed by atoms with Crippen molar-refractivity contribution in [1.29, 1.82) is 0 Å². The Morgan fingerprint density at radius 1 is 1.36 bits per heavy atom. The number of hydrogen-bond donors (Lipinski definition) is 1. The quantitative estimate of drug-likeness (QED) is 0.596. The lowest BCUT2D eigenvalue weighted by atomic mass is 10.3. The molecular formula is C11H18N2S. The predicted molar refractivity (Wildman–Crippen MR) is 63.0 cm³/mol. The smallest absolute Gasteiger partial charge is 0.0968 e. The summed E-state index contributed by atoms with van der Waals surface area (Å²) in [5.41, 5.74) is 1.17. The lowest BCUT2D eigenvalue weighted by Gasteiger charge is -1.90. The van der Waals surface area contributed by atoms with Gasteiger partial charge in [-0.15, -0.1) is 11.3 Å². The molecule has 1 aromatic heterocycles. The van der Waals surface area contributed by atoms with Crippen molar-refractivity contribution < 1.29 is 0 Å². The zero-order valence-electron chi connectivity index (χ0n) is 9.13. The van der Waals surface area contributed by atoms with E-state index < -0.39 is 0 Å². The van der Waals surface area contributed by atoms with Crippen molar-refractivity contribution in [3.8, 4) is 0 Å². The molecule has 0 unspecified atom stereocenters. The first kappa shape index (κ1) is 11.4. The van der Waals surface area contributed by atoms with Crippen LogP contribution >= 0.6 is 11.3 Å². The molecule has 0 aliphatic rings. The zero-order valence-corrected chi connectivity index (χ0v) is 9.95. The van der Waals surface area contributed by atoms with Crippen LogP contribution in [0.15, 0.2) is 12.2 Å². The third-order valence-corrected chi connectivity index (χ3v) is 3.19. The molecule has 0 aliphatic carbocycles. The van der Waals surface area contributed by atoms with Crippen LogP contribution in [-0.4, -0.2) is 18.6 Å². The molecule has 0 bridgehead atoms. The maximum absolute atomic E-state index is 4.48. The van der Waals surface area contributed by atoms with Gasteiger partial charge in [0.05, 0.1) is 10.7 Å². The highest BCUT2D eigenvalue weighted by molar-refractivity contribution is 7.11. The molecule has 0 amide bonds. The summed E-state index contributed by atoms with van der Waals surface area (Å²) in [6.45, 7) is 5.24. The maximum Gasteiger partial charge on any atom is 0.0968 e. The van der Waals surface area contributed by atoms with Gasteiger partial charge < -0.3 is 5.32 Å². The highest BCUT2D eigenvalue weighted by Crippen LogP contribution is 2.16. The number of hydrogen-bond acceptors (Lipinski definition) is 3. The van der Waals surface area contributed by atoms with Gasteiger partial charge in [-0.2, -0.15) is 0 Å². The highest BCUT2D eigenvalue weighted by atomic mass is 32.1. The van der Waals surface area contributed by atoms with Crippen LogP contribution in [0.3, 0.4) is 0 Å². The number of nitrogens with one attached hydrogen (secondary N) is 1. The molecule has 1 rings (SSSR count). The number of rotatable bonds is 5. The summed E-state index contributed by atoms with van der Waals surface area (Å²) < 4.78 is 0. The zero-order chi connectivity index (χ0) is 10.4. The van der Waals surface area contributed by atoms with Crippen LogP contribution in [0.4, 0.5) is 0 Å². The van der Waals surface area contributed by atoms with Crippen LogP contribution in [0.2, 0.25) is 0 Å². The Morgan fingerprint density at radius 2 is 2.14 bits per heavy atom. The lowest BCUT2D eigenvalue weighted by molar-refractivity contribution is 0.806. The highest BCUT2D eigenvalue weighted by Gasteiger charge is 2.00. The first-order chi connectivity index (χ1) is 6.74. The van der Waals surface area contributed by atoms with Gasteiger partial charge in [0.25, 0.3) is 0 Å². The van der Waals surface area contributed by atoms with E-state index in [1.54, 1.807) is 11.3 Å². The standard InChI is InChI=1S/C11H18N2S/c1-9-10(2)14-11(13-9)7-5-4-6-8-12-3/h4-5,12H,6-8H2,1-3H3. The van der Waals surface area contributed by atoms with E-state index in [1.807, 2.05) is 7.05 Å². The summed E-state index contributed by atoms with van der Waals surface area (Å²) in [7, 11) is 1.97. The Morgan fingerprint density at radius 3 is 2.71 bits per heavy atom. The van der Waals surface area contributed by atoms with E-state index in [2.05, 4.69) is 36.3 Å². The fraction of sp³-hybridized carbons (Fsp3) is 0.545. The van der Waals surface area contributed by atoms with Crippen molar-refractivity contribution in [3.05, 3.63) is 27.7 Å². The first-order valence-electron chi connectivity index (χ1n) is 4.96. The number of thiazole rings is 1. The van der Waals surface area contributed by atoms with Crippen LogP contribution < -0.4 is 5.32 Å². The van der Waals surface area contributed by atoms with E-state index in [0.717, 1.165) is 19.4 Å². The molecule has 2 nitrogen and oxygen atoms in total. The molecule has 1 aromatic rings. The second kappa shape index (κ2) is 5.94. The molecule has 1 N–H and O–H groups in total. The largest absolute Gasteiger partial charge is 0.319 e. The van der Waals surface area contributed by atoms with Gasteiger partial charge in [0.1, 0.15) is 0 Å². The van der Waals surface area contributed by atoms with Crippen molar-refractivity contribution in [3.63, 3.8) is 0 Å². The Kier molecular flexibility index (Phi) is 4.84. The number of aryl methyl sites for hydroxylation is 2.